The van der Waals surface area contributed by atoms with Gasteiger partial charge in [-0.05, 0) is 51.0 Å². The molecule has 1 saturated carbocycles. The Bertz CT molecular complexity index is 505. The zero-order valence-electron chi connectivity index (χ0n) is 13.2. The maximum atomic E-state index is 6.12. The molecule has 1 aliphatic carbocycles. The lowest BCUT2D eigenvalue weighted by molar-refractivity contribution is 0.199. The first-order chi connectivity index (χ1) is 10.8. The Morgan fingerprint density at radius 2 is 2.00 bits per heavy atom. The highest BCUT2D eigenvalue weighted by molar-refractivity contribution is 5.78. The number of pyridine rings is 1. The van der Waals surface area contributed by atoms with Crippen LogP contribution in [0.15, 0.2) is 23.3 Å². The van der Waals surface area contributed by atoms with Gasteiger partial charge in [0.25, 0.3) is 0 Å². The van der Waals surface area contributed by atoms with Crippen LogP contribution in [0.1, 0.15) is 50.5 Å². The van der Waals surface area contributed by atoms with Gasteiger partial charge in [0.1, 0.15) is 6.10 Å². The average Bonchev–Trinajstić information content (AvgIpc) is 3.07. The van der Waals surface area contributed by atoms with Crippen molar-refractivity contribution in [1.29, 1.82) is 0 Å². The highest BCUT2D eigenvalue weighted by Gasteiger charge is 2.18. The molecule has 1 saturated heterocycles. The second-order valence-corrected chi connectivity index (χ2v) is 6.21. The molecule has 2 N–H and O–H groups in total. The lowest BCUT2D eigenvalue weighted by atomic mass is 10.1. The fourth-order valence-corrected chi connectivity index (χ4v) is 3.20. The summed E-state index contributed by atoms with van der Waals surface area (Å²) in [7, 11) is 0. The molecule has 0 amide bonds. The summed E-state index contributed by atoms with van der Waals surface area (Å²) >= 11 is 0. The van der Waals surface area contributed by atoms with Crippen LogP contribution in [0.4, 0.5) is 0 Å². The second kappa shape index (κ2) is 7.47. The number of guanidine groups is 1. The van der Waals surface area contributed by atoms with E-state index in [0.717, 1.165) is 37.4 Å². The molecule has 3 rings (SSSR count). The smallest absolute Gasteiger partial charge is 0.218 e. The third-order valence-electron chi connectivity index (χ3n) is 4.52. The van der Waals surface area contributed by atoms with Crippen molar-refractivity contribution < 1.29 is 4.74 Å². The van der Waals surface area contributed by atoms with E-state index in [0.29, 0.717) is 18.6 Å². The molecule has 1 aliphatic heterocycles. The Morgan fingerprint density at radius 3 is 2.77 bits per heavy atom. The van der Waals surface area contributed by atoms with E-state index in [1.54, 1.807) is 6.20 Å². The Balaban J connectivity index is 1.63. The minimum atomic E-state index is 0.317. The van der Waals surface area contributed by atoms with Crippen LogP contribution in [0, 0.1) is 0 Å². The minimum Gasteiger partial charge on any atom is -0.474 e. The second-order valence-electron chi connectivity index (χ2n) is 6.21. The van der Waals surface area contributed by atoms with Crippen LogP contribution >= 0.6 is 0 Å². The number of aromatic nitrogens is 1. The van der Waals surface area contributed by atoms with E-state index in [9.17, 15) is 0 Å². The Morgan fingerprint density at radius 1 is 1.23 bits per heavy atom. The summed E-state index contributed by atoms with van der Waals surface area (Å²) in [4.78, 5) is 11.1. The predicted molar refractivity (Wildman–Crippen MR) is 87.9 cm³/mol. The summed E-state index contributed by atoms with van der Waals surface area (Å²) in [6.45, 7) is 2.58. The lowest BCUT2D eigenvalue weighted by Gasteiger charge is -2.27. The number of nitrogens with two attached hydrogens (primary N) is 1. The van der Waals surface area contributed by atoms with Crippen molar-refractivity contribution in [3.05, 3.63) is 23.9 Å². The maximum absolute atomic E-state index is 6.12. The molecule has 1 aromatic rings. The van der Waals surface area contributed by atoms with Crippen molar-refractivity contribution in [3.63, 3.8) is 0 Å². The molecule has 5 nitrogen and oxygen atoms in total. The molecule has 0 unspecified atom stereocenters. The van der Waals surface area contributed by atoms with Crippen molar-refractivity contribution in [2.24, 2.45) is 10.7 Å². The summed E-state index contributed by atoms with van der Waals surface area (Å²) in [5, 5.41) is 0. The first-order valence-electron chi connectivity index (χ1n) is 8.48. The molecule has 0 spiro atoms. The SMILES string of the molecule is NC(=NCc1cccnc1OC1CCCC1)N1CCCCC1. The van der Waals surface area contributed by atoms with Gasteiger partial charge in [0.2, 0.25) is 5.88 Å². The maximum Gasteiger partial charge on any atom is 0.218 e. The summed E-state index contributed by atoms with van der Waals surface area (Å²) in [6.07, 6.45) is 10.6. The van der Waals surface area contributed by atoms with E-state index in [2.05, 4.69) is 14.9 Å². The Kier molecular flexibility index (Phi) is 5.14. The number of aliphatic imine (C=N–C) groups is 1. The van der Waals surface area contributed by atoms with Gasteiger partial charge < -0.3 is 15.4 Å². The van der Waals surface area contributed by atoms with Crippen molar-refractivity contribution in [2.75, 3.05) is 13.1 Å². The van der Waals surface area contributed by atoms with Crippen LogP contribution in [0.3, 0.4) is 0 Å². The molecular formula is C17H26N4O. The number of rotatable bonds is 4. The van der Waals surface area contributed by atoms with E-state index >= 15 is 0 Å². The van der Waals surface area contributed by atoms with Crippen molar-refractivity contribution in [2.45, 2.75) is 57.6 Å². The molecule has 2 aliphatic rings. The number of hydrogen-bond donors (Lipinski definition) is 1. The van der Waals surface area contributed by atoms with Crippen LogP contribution in [0.25, 0.3) is 0 Å². The van der Waals surface area contributed by atoms with Gasteiger partial charge in [0.05, 0.1) is 6.54 Å². The largest absolute Gasteiger partial charge is 0.474 e. The van der Waals surface area contributed by atoms with E-state index in [4.69, 9.17) is 10.5 Å². The van der Waals surface area contributed by atoms with Gasteiger partial charge in [-0.1, -0.05) is 6.07 Å². The monoisotopic (exact) mass is 302 g/mol. The number of nitrogens with zero attached hydrogens (tertiary/aromatic N) is 3. The molecule has 1 aromatic heterocycles. The number of piperidine rings is 1. The molecule has 22 heavy (non-hydrogen) atoms. The third kappa shape index (κ3) is 3.90. The summed E-state index contributed by atoms with van der Waals surface area (Å²) in [6, 6.07) is 3.97. The van der Waals surface area contributed by atoms with Gasteiger partial charge in [-0.3, -0.25) is 0 Å². The molecule has 0 bridgehead atoms. The van der Waals surface area contributed by atoms with Gasteiger partial charge in [-0.25, -0.2) is 9.98 Å². The molecule has 0 atom stereocenters. The molecule has 5 heteroatoms. The number of ether oxygens (including phenoxy) is 1. The van der Waals surface area contributed by atoms with Crippen LogP contribution in [-0.2, 0) is 6.54 Å². The fourth-order valence-electron chi connectivity index (χ4n) is 3.20. The minimum absolute atomic E-state index is 0.317. The fraction of sp³-hybridized carbons (Fsp3) is 0.647. The zero-order valence-corrected chi connectivity index (χ0v) is 13.2. The molecule has 2 fully saturated rings. The first kappa shape index (κ1) is 15.1. The normalized spacial score (nSPS) is 20.4. The van der Waals surface area contributed by atoms with Crippen molar-refractivity contribution in [1.82, 2.24) is 9.88 Å². The van der Waals surface area contributed by atoms with E-state index in [-0.39, 0.29) is 0 Å². The zero-order chi connectivity index (χ0) is 15.2. The van der Waals surface area contributed by atoms with E-state index in [1.807, 2.05) is 12.1 Å². The predicted octanol–water partition coefficient (Wildman–Crippen LogP) is 2.70. The quantitative estimate of drug-likeness (QED) is 0.686. The Labute approximate surface area is 132 Å². The first-order valence-corrected chi connectivity index (χ1v) is 8.48. The standard InChI is InChI=1S/C17H26N4O/c18-17(21-11-4-1-5-12-21)20-13-14-7-6-10-19-16(14)22-15-8-2-3-9-15/h6-7,10,15H,1-5,8-9,11-13H2,(H2,18,20). The van der Waals surface area contributed by atoms with E-state index in [1.165, 1.54) is 32.1 Å². The van der Waals surface area contributed by atoms with Crippen LogP contribution in [0.2, 0.25) is 0 Å². The number of likely N-dealkylation sites (tertiary alicyclic amines) is 1. The van der Waals surface area contributed by atoms with E-state index < -0.39 is 0 Å². The average molecular weight is 302 g/mol. The molecule has 0 aromatic carbocycles. The van der Waals surface area contributed by atoms with Crippen LogP contribution in [0.5, 0.6) is 5.88 Å². The van der Waals surface area contributed by atoms with Gasteiger partial charge in [-0.2, -0.15) is 0 Å². The Hall–Kier alpha value is -1.78. The summed E-state index contributed by atoms with van der Waals surface area (Å²) < 4.78 is 6.05. The van der Waals surface area contributed by atoms with Crippen molar-refractivity contribution >= 4 is 5.96 Å². The number of hydrogen-bond acceptors (Lipinski definition) is 3. The van der Waals surface area contributed by atoms with Gasteiger partial charge in [0.15, 0.2) is 5.96 Å². The lowest BCUT2D eigenvalue weighted by Crippen LogP contribution is -2.40. The van der Waals surface area contributed by atoms with Gasteiger partial charge >= 0.3 is 0 Å². The topological polar surface area (TPSA) is 63.7 Å². The molecule has 120 valence electrons. The summed E-state index contributed by atoms with van der Waals surface area (Å²) in [5.74, 6) is 1.37. The third-order valence-corrected chi connectivity index (χ3v) is 4.52. The van der Waals surface area contributed by atoms with Crippen LogP contribution < -0.4 is 10.5 Å². The van der Waals surface area contributed by atoms with Gasteiger partial charge in [-0.15, -0.1) is 0 Å². The van der Waals surface area contributed by atoms with Crippen molar-refractivity contribution in [3.8, 4) is 5.88 Å². The highest BCUT2D eigenvalue weighted by Crippen LogP contribution is 2.25. The van der Waals surface area contributed by atoms with Crippen LogP contribution in [-0.4, -0.2) is 35.0 Å². The molecule has 0 radical (unpaired) electrons. The molecule has 2 heterocycles. The molecular weight excluding hydrogens is 276 g/mol. The summed E-state index contributed by atoms with van der Waals surface area (Å²) in [5.41, 5.74) is 7.15. The highest BCUT2D eigenvalue weighted by atomic mass is 16.5. The van der Waals surface area contributed by atoms with Gasteiger partial charge in [0, 0.05) is 24.8 Å².